The van der Waals surface area contributed by atoms with E-state index in [2.05, 4.69) is 0 Å². The highest BCUT2D eigenvalue weighted by atomic mass is 16.5. The van der Waals surface area contributed by atoms with Crippen molar-refractivity contribution in [1.82, 2.24) is 0 Å². The van der Waals surface area contributed by atoms with Gasteiger partial charge < -0.3 is 14.6 Å². The number of ketones is 1. The quantitative estimate of drug-likeness (QED) is 0.882. The molecule has 2 unspecified atom stereocenters. The summed E-state index contributed by atoms with van der Waals surface area (Å²) in [6, 6.07) is 13.5. The van der Waals surface area contributed by atoms with Crippen molar-refractivity contribution < 1.29 is 24.2 Å². The Bertz CT molecular complexity index is 720. The van der Waals surface area contributed by atoms with E-state index in [1.165, 1.54) is 0 Å². The molecule has 0 radical (unpaired) electrons. The summed E-state index contributed by atoms with van der Waals surface area (Å²) in [6.45, 7) is 0. The number of carbonyl (C=O) groups excluding carboxylic acids is 1. The van der Waals surface area contributed by atoms with E-state index in [1.807, 2.05) is 0 Å². The molecular weight excluding hydrogens is 284 g/mol. The Hall–Kier alpha value is -2.82. The van der Waals surface area contributed by atoms with Crippen molar-refractivity contribution in [2.24, 2.45) is 5.92 Å². The lowest BCUT2D eigenvalue weighted by molar-refractivity contribution is -0.143. The number of hydrogen-bond donors (Lipinski definition) is 1. The molecule has 1 heterocycles. The Morgan fingerprint density at radius 1 is 1.14 bits per heavy atom. The van der Waals surface area contributed by atoms with E-state index >= 15 is 0 Å². The average molecular weight is 298 g/mol. The van der Waals surface area contributed by atoms with Gasteiger partial charge in [-0.2, -0.15) is 0 Å². The molecule has 0 aliphatic carbocycles. The van der Waals surface area contributed by atoms with Crippen LogP contribution in [-0.2, 0) is 4.79 Å². The highest BCUT2D eigenvalue weighted by Crippen LogP contribution is 2.39. The van der Waals surface area contributed by atoms with Gasteiger partial charge in [-0.25, -0.2) is 0 Å². The summed E-state index contributed by atoms with van der Waals surface area (Å²) in [5, 5.41) is 9.44. The van der Waals surface area contributed by atoms with Gasteiger partial charge in [-0.05, 0) is 29.8 Å². The van der Waals surface area contributed by atoms with Crippen molar-refractivity contribution in [3.63, 3.8) is 0 Å². The fraction of sp³-hybridized carbons (Fsp3) is 0.176. The second-order valence-electron chi connectivity index (χ2n) is 4.99. The Morgan fingerprint density at radius 2 is 1.82 bits per heavy atom. The predicted molar refractivity (Wildman–Crippen MR) is 78.3 cm³/mol. The zero-order valence-electron chi connectivity index (χ0n) is 11.9. The smallest absolute Gasteiger partial charge is 0.318 e. The molecule has 5 heteroatoms. The van der Waals surface area contributed by atoms with E-state index in [9.17, 15) is 14.7 Å². The maximum absolute atomic E-state index is 12.5. The number of carbonyl (C=O) groups is 2. The topological polar surface area (TPSA) is 72.8 Å². The largest absolute Gasteiger partial charge is 0.497 e. The Labute approximate surface area is 127 Å². The first kappa shape index (κ1) is 14.1. The molecule has 22 heavy (non-hydrogen) atoms. The minimum Gasteiger partial charge on any atom is -0.497 e. The molecule has 0 aromatic heterocycles. The van der Waals surface area contributed by atoms with Crippen molar-refractivity contribution in [2.75, 3.05) is 7.11 Å². The first-order valence-corrected chi connectivity index (χ1v) is 6.78. The lowest BCUT2D eigenvalue weighted by atomic mass is 9.86. The maximum Gasteiger partial charge on any atom is 0.318 e. The van der Waals surface area contributed by atoms with Crippen molar-refractivity contribution in [3.05, 3.63) is 59.7 Å². The summed E-state index contributed by atoms with van der Waals surface area (Å²) in [4.78, 5) is 24.0. The molecule has 0 saturated heterocycles. The summed E-state index contributed by atoms with van der Waals surface area (Å²) >= 11 is 0. The monoisotopic (exact) mass is 298 g/mol. The number of para-hydroxylation sites is 1. The number of rotatable bonds is 3. The van der Waals surface area contributed by atoms with Gasteiger partial charge in [-0.15, -0.1) is 0 Å². The molecule has 5 nitrogen and oxygen atoms in total. The maximum atomic E-state index is 12.5. The second kappa shape index (κ2) is 5.52. The van der Waals surface area contributed by atoms with Crippen LogP contribution in [0.15, 0.2) is 48.5 Å². The minimum atomic E-state index is -1.26. The SMILES string of the molecule is COc1ccc(C2Oc3ccccc3C(=O)C2C(=O)O)cc1. The molecule has 0 spiro atoms. The molecule has 1 aliphatic heterocycles. The van der Waals surface area contributed by atoms with Gasteiger partial charge in [0.1, 0.15) is 17.6 Å². The van der Waals surface area contributed by atoms with Crippen LogP contribution < -0.4 is 9.47 Å². The number of hydrogen-bond acceptors (Lipinski definition) is 4. The van der Waals surface area contributed by atoms with Gasteiger partial charge >= 0.3 is 5.97 Å². The third kappa shape index (κ3) is 2.30. The lowest BCUT2D eigenvalue weighted by Crippen LogP contribution is -2.37. The molecule has 2 aromatic rings. The van der Waals surface area contributed by atoms with Crippen LogP contribution in [0.1, 0.15) is 22.0 Å². The molecule has 2 atom stereocenters. The van der Waals surface area contributed by atoms with Gasteiger partial charge in [0.15, 0.2) is 11.7 Å². The average Bonchev–Trinajstić information content (AvgIpc) is 2.54. The van der Waals surface area contributed by atoms with Gasteiger partial charge in [0, 0.05) is 0 Å². The summed E-state index contributed by atoms with van der Waals surface area (Å²) in [6.07, 6.45) is -0.856. The predicted octanol–water partition coefficient (Wildman–Crippen LogP) is 2.71. The van der Waals surface area contributed by atoms with Gasteiger partial charge in [-0.3, -0.25) is 9.59 Å². The van der Waals surface area contributed by atoms with Crippen LogP contribution in [0.3, 0.4) is 0 Å². The van der Waals surface area contributed by atoms with Crippen LogP contribution in [0.2, 0.25) is 0 Å². The number of aliphatic carboxylic acids is 1. The minimum absolute atomic E-state index is 0.305. The molecule has 2 aromatic carbocycles. The standard InChI is InChI=1S/C17H14O5/c1-21-11-8-6-10(7-9-11)16-14(17(19)20)15(18)12-4-2-3-5-13(12)22-16/h2-9,14,16H,1H3,(H,19,20). The third-order valence-electron chi connectivity index (χ3n) is 3.70. The molecule has 1 aliphatic rings. The molecule has 1 N–H and O–H groups in total. The first-order chi connectivity index (χ1) is 10.6. The van der Waals surface area contributed by atoms with E-state index < -0.39 is 23.8 Å². The van der Waals surface area contributed by atoms with E-state index in [4.69, 9.17) is 9.47 Å². The fourth-order valence-corrected chi connectivity index (χ4v) is 2.58. The van der Waals surface area contributed by atoms with Crippen molar-refractivity contribution in [3.8, 4) is 11.5 Å². The first-order valence-electron chi connectivity index (χ1n) is 6.78. The zero-order valence-corrected chi connectivity index (χ0v) is 11.9. The number of fused-ring (bicyclic) bond motifs is 1. The molecule has 0 fully saturated rings. The molecule has 0 saturated carbocycles. The summed E-state index contributed by atoms with van der Waals surface area (Å²) in [7, 11) is 1.55. The van der Waals surface area contributed by atoms with Gasteiger partial charge in [-0.1, -0.05) is 24.3 Å². The molecule has 3 rings (SSSR count). The van der Waals surface area contributed by atoms with Crippen molar-refractivity contribution in [2.45, 2.75) is 6.10 Å². The zero-order chi connectivity index (χ0) is 15.7. The Kier molecular flexibility index (Phi) is 3.55. The van der Waals surface area contributed by atoms with Crippen LogP contribution in [-0.4, -0.2) is 24.0 Å². The number of ether oxygens (including phenoxy) is 2. The van der Waals surface area contributed by atoms with Crippen molar-refractivity contribution in [1.29, 1.82) is 0 Å². The number of carboxylic acid groups (broad SMARTS) is 1. The number of benzene rings is 2. The van der Waals surface area contributed by atoms with Crippen LogP contribution in [0, 0.1) is 5.92 Å². The van der Waals surface area contributed by atoms with E-state index in [1.54, 1.807) is 55.6 Å². The normalized spacial score (nSPS) is 20.0. The molecule has 112 valence electrons. The second-order valence-corrected chi connectivity index (χ2v) is 4.99. The van der Waals surface area contributed by atoms with Crippen LogP contribution in [0.5, 0.6) is 11.5 Å². The third-order valence-corrected chi connectivity index (χ3v) is 3.70. The number of carboxylic acids is 1. The van der Waals surface area contributed by atoms with E-state index in [0.29, 0.717) is 22.6 Å². The van der Waals surface area contributed by atoms with Gasteiger partial charge in [0.25, 0.3) is 0 Å². The van der Waals surface area contributed by atoms with Crippen LogP contribution in [0.25, 0.3) is 0 Å². The molecule has 0 bridgehead atoms. The summed E-state index contributed by atoms with van der Waals surface area (Å²) < 4.78 is 10.9. The van der Waals surface area contributed by atoms with E-state index in [0.717, 1.165) is 0 Å². The highest BCUT2D eigenvalue weighted by molar-refractivity contribution is 6.11. The number of methoxy groups -OCH3 is 1. The van der Waals surface area contributed by atoms with Crippen molar-refractivity contribution >= 4 is 11.8 Å². The Morgan fingerprint density at radius 3 is 2.45 bits per heavy atom. The molecular formula is C17H14O5. The van der Waals surface area contributed by atoms with Gasteiger partial charge in [0.2, 0.25) is 0 Å². The van der Waals surface area contributed by atoms with Crippen LogP contribution >= 0.6 is 0 Å². The summed E-state index contributed by atoms with van der Waals surface area (Å²) in [5.41, 5.74) is 0.927. The highest BCUT2D eigenvalue weighted by Gasteiger charge is 2.42. The number of Topliss-reactive ketones (excluding diaryl/α,β-unsaturated/α-hetero) is 1. The van der Waals surface area contributed by atoms with Crippen LogP contribution in [0.4, 0.5) is 0 Å². The molecule has 0 amide bonds. The lowest BCUT2D eigenvalue weighted by Gasteiger charge is -2.30. The van der Waals surface area contributed by atoms with Gasteiger partial charge in [0.05, 0.1) is 12.7 Å². The Balaban J connectivity index is 2.05. The summed E-state index contributed by atoms with van der Waals surface area (Å²) in [5.74, 6) is -1.83. The fourth-order valence-electron chi connectivity index (χ4n) is 2.58. The van der Waals surface area contributed by atoms with E-state index in [-0.39, 0.29) is 0 Å².